The molecule has 0 saturated heterocycles. The van der Waals surface area contributed by atoms with Gasteiger partial charge in [-0.05, 0) is 27.3 Å². The summed E-state index contributed by atoms with van der Waals surface area (Å²) in [5.74, 6) is 1.77. The zero-order valence-corrected chi connectivity index (χ0v) is 17.6. The van der Waals surface area contributed by atoms with Crippen molar-refractivity contribution < 1.29 is 0 Å². The van der Waals surface area contributed by atoms with Crippen molar-refractivity contribution in [3.05, 3.63) is 77.9 Å². The van der Waals surface area contributed by atoms with Gasteiger partial charge in [0.15, 0.2) is 11.0 Å². The van der Waals surface area contributed by atoms with Crippen molar-refractivity contribution in [1.82, 2.24) is 14.8 Å². The van der Waals surface area contributed by atoms with Crippen LogP contribution >= 0.6 is 11.8 Å². The van der Waals surface area contributed by atoms with E-state index in [1.807, 2.05) is 7.05 Å². The maximum atomic E-state index is 4.44. The minimum absolute atomic E-state index is 0.151. The fraction of sp³-hybridized carbons (Fsp3) is 0.250. The summed E-state index contributed by atoms with van der Waals surface area (Å²) in [5, 5.41) is 12.4. The van der Waals surface area contributed by atoms with Crippen molar-refractivity contribution in [2.75, 3.05) is 0 Å². The number of hydrogen-bond donors (Lipinski definition) is 0. The van der Waals surface area contributed by atoms with Crippen molar-refractivity contribution >= 4 is 22.5 Å². The van der Waals surface area contributed by atoms with Crippen LogP contribution in [0.4, 0.5) is 0 Å². The SMILES string of the molecule is Cn1c(SCc2cccc3ccccc23)nnc1-c1ccc(C(C)(C)C)cc1. The zero-order chi connectivity index (χ0) is 19.7. The third-order valence-electron chi connectivity index (χ3n) is 5.08. The maximum Gasteiger partial charge on any atom is 0.191 e. The largest absolute Gasteiger partial charge is 0.305 e. The topological polar surface area (TPSA) is 30.7 Å². The summed E-state index contributed by atoms with van der Waals surface area (Å²) in [6, 6.07) is 23.7. The summed E-state index contributed by atoms with van der Waals surface area (Å²) in [7, 11) is 2.04. The predicted octanol–water partition coefficient (Wildman–Crippen LogP) is 6.23. The molecule has 3 aromatic carbocycles. The van der Waals surface area contributed by atoms with Crippen LogP contribution in [0.15, 0.2) is 71.9 Å². The molecular formula is C24H25N3S. The first-order valence-electron chi connectivity index (χ1n) is 9.53. The summed E-state index contributed by atoms with van der Waals surface area (Å²) >= 11 is 1.73. The molecule has 0 bridgehead atoms. The number of aromatic nitrogens is 3. The molecule has 0 fully saturated rings. The highest BCUT2D eigenvalue weighted by molar-refractivity contribution is 7.98. The van der Waals surface area contributed by atoms with Crippen LogP contribution in [-0.2, 0) is 18.2 Å². The molecule has 142 valence electrons. The lowest BCUT2D eigenvalue weighted by Gasteiger charge is -2.19. The Kier molecular flexibility index (Phi) is 4.98. The molecule has 0 aliphatic carbocycles. The lowest BCUT2D eigenvalue weighted by Crippen LogP contribution is -2.10. The van der Waals surface area contributed by atoms with Gasteiger partial charge in [-0.15, -0.1) is 10.2 Å². The van der Waals surface area contributed by atoms with Gasteiger partial charge in [0.25, 0.3) is 0 Å². The molecule has 0 atom stereocenters. The van der Waals surface area contributed by atoms with Gasteiger partial charge in [0.1, 0.15) is 0 Å². The highest BCUT2D eigenvalue weighted by Gasteiger charge is 2.15. The van der Waals surface area contributed by atoms with E-state index in [2.05, 4.69) is 102 Å². The van der Waals surface area contributed by atoms with Crippen molar-refractivity contribution in [2.24, 2.45) is 7.05 Å². The van der Waals surface area contributed by atoms with E-state index in [0.29, 0.717) is 0 Å². The predicted molar refractivity (Wildman–Crippen MR) is 119 cm³/mol. The van der Waals surface area contributed by atoms with E-state index in [1.54, 1.807) is 11.8 Å². The number of fused-ring (bicyclic) bond motifs is 1. The normalized spacial score (nSPS) is 11.9. The van der Waals surface area contributed by atoms with Crippen molar-refractivity contribution in [3.63, 3.8) is 0 Å². The molecule has 28 heavy (non-hydrogen) atoms. The van der Waals surface area contributed by atoms with Gasteiger partial charge in [-0.2, -0.15) is 0 Å². The molecule has 1 heterocycles. The number of nitrogens with zero attached hydrogens (tertiary/aromatic N) is 3. The van der Waals surface area contributed by atoms with E-state index in [9.17, 15) is 0 Å². The third kappa shape index (κ3) is 3.69. The molecule has 4 aromatic rings. The highest BCUT2D eigenvalue weighted by Crippen LogP contribution is 2.29. The van der Waals surface area contributed by atoms with Gasteiger partial charge < -0.3 is 4.57 Å². The van der Waals surface area contributed by atoms with Crippen LogP contribution in [0, 0.1) is 0 Å². The molecule has 0 spiro atoms. The number of thioether (sulfide) groups is 1. The zero-order valence-electron chi connectivity index (χ0n) is 16.8. The second kappa shape index (κ2) is 7.44. The molecule has 4 rings (SSSR count). The van der Waals surface area contributed by atoms with E-state index in [-0.39, 0.29) is 5.41 Å². The van der Waals surface area contributed by atoms with Crippen molar-refractivity contribution in [3.8, 4) is 11.4 Å². The van der Waals surface area contributed by atoms with Gasteiger partial charge in [0.05, 0.1) is 0 Å². The first-order chi connectivity index (χ1) is 13.4. The van der Waals surface area contributed by atoms with E-state index in [1.165, 1.54) is 21.9 Å². The Morgan fingerprint density at radius 1 is 0.857 bits per heavy atom. The molecule has 0 aliphatic rings. The van der Waals surface area contributed by atoms with Gasteiger partial charge in [-0.25, -0.2) is 0 Å². The van der Waals surface area contributed by atoms with E-state index < -0.39 is 0 Å². The standard InChI is InChI=1S/C24H25N3S/c1-24(2,3)20-14-12-18(13-15-20)22-25-26-23(27(22)4)28-16-19-10-7-9-17-8-5-6-11-21(17)19/h5-15H,16H2,1-4H3. The van der Waals surface area contributed by atoms with Crippen LogP contribution in [0.3, 0.4) is 0 Å². The number of rotatable bonds is 4. The number of hydrogen-bond acceptors (Lipinski definition) is 3. The molecule has 1 aromatic heterocycles. The van der Waals surface area contributed by atoms with Crippen LogP contribution < -0.4 is 0 Å². The Morgan fingerprint density at radius 3 is 2.32 bits per heavy atom. The van der Waals surface area contributed by atoms with Gasteiger partial charge in [0.2, 0.25) is 0 Å². The molecular weight excluding hydrogens is 362 g/mol. The molecule has 0 N–H and O–H groups in total. The molecule has 0 amide bonds. The van der Waals surface area contributed by atoms with E-state index >= 15 is 0 Å². The molecule has 3 nitrogen and oxygen atoms in total. The monoisotopic (exact) mass is 387 g/mol. The minimum atomic E-state index is 0.151. The Balaban J connectivity index is 1.55. The summed E-state index contributed by atoms with van der Waals surface area (Å²) in [6.07, 6.45) is 0. The van der Waals surface area contributed by atoms with Gasteiger partial charge in [-0.1, -0.05) is 99.3 Å². The summed E-state index contributed by atoms with van der Waals surface area (Å²) < 4.78 is 2.09. The minimum Gasteiger partial charge on any atom is -0.305 e. The molecule has 0 saturated carbocycles. The molecule has 4 heteroatoms. The Morgan fingerprint density at radius 2 is 1.57 bits per heavy atom. The fourth-order valence-corrected chi connectivity index (χ4v) is 4.29. The van der Waals surface area contributed by atoms with Crippen LogP contribution in [0.5, 0.6) is 0 Å². The van der Waals surface area contributed by atoms with E-state index in [0.717, 1.165) is 22.3 Å². The second-order valence-corrected chi connectivity index (χ2v) is 9.06. The van der Waals surface area contributed by atoms with Gasteiger partial charge in [-0.3, -0.25) is 0 Å². The average Bonchev–Trinajstić information content (AvgIpc) is 3.06. The summed E-state index contributed by atoms with van der Waals surface area (Å²) in [4.78, 5) is 0. The van der Waals surface area contributed by atoms with Crippen LogP contribution in [-0.4, -0.2) is 14.8 Å². The van der Waals surface area contributed by atoms with Crippen molar-refractivity contribution in [2.45, 2.75) is 37.1 Å². The quantitative estimate of drug-likeness (QED) is 0.389. The maximum absolute atomic E-state index is 4.44. The molecule has 0 unspecified atom stereocenters. The van der Waals surface area contributed by atoms with Gasteiger partial charge in [0, 0.05) is 18.4 Å². The Hall–Kier alpha value is -2.59. The summed E-state index contributed by atoms with van der Waals surface area (Å²) in [5.41, 5.74) is 3.89. The number of benzene rings is 3. The lowest BCUT2D eigenvalue weighted by molar-refractivity contribution is 0.590. The third-order valence-corrected chi connectivity index (χ3v) is 6.15. The van der Waals surface area contributed by atoms with E-state index in [4.69, 9.17) is 0 Å². The highest BCUT2D eigenvalue weighted by atomic mass is 32.2. The van der Waals surface area contributed by atoms with Crippen LogP contribution in [0.2, 0.25) is 0 Å². The smallest absolute Gasteiger partial charge is 0.191 e. The van der Waals surface area contributed by atoms with Crippen LogP contribution in [0.1, 0.15) is 31.9 Å². The lowest BCUT2D eigenvalue weighted by atomic mass is 9.87. The molecule has 0 radical (unpaired) electrons. The first-order valence-corrected chi connectivity index (χ1v) is 10.5. The van der Waals surface area contributed by atoms with Crippen molar-refractivity contribution in [1.29, 1.82) is 0 Å². The first kappa shape index (κ1) is 18.8. The molecule has 0 aliphatic heterocycles. The Bertz CT molecular complexity index is 1100. The average molecular weight is 388 g/mol. The second-order valence-electron chi connectivity index (χ2n) is 8.12. The van der Waals surface area contributed by atoms with Gasteiger partial charge >= 0.3 is 0 Å². The Labute approximate surface area is 170 Å². The van der Waals surface area contributed by atoms with Crippen LogP contribution in [0.25, 0.3) is 22.2 Å². The summed E-state index contributed by atoms with van der Waals surface area (Å²) in [6.45, 7) is 6.69. The fourth-order valence-electron chi connectivity index (χ4n) is 3.37.